The van der Waals surface area contributed by atoms with E-state index in [1.165, 1.54) is 4.31 Å². The van der Waals surface area contributed by atoms with Gasteiger partial charge >= 0.3 is 0 Å². The van der Waals surface area contributed by atoms with Crippen LogP contribution >= 0.6 is 11.6 Å². The summed E-state index contributed by atoms with van der Waals surface area (Å²) < 4.78 is 27.1. The molecule has 30 heavy (non-hydrogen) atoms. The SMILES string of the molecule is CCN(Cc1ccc(C(=O)NCc2ccccc2Cl)cc1)S(=O)(=O)c1ccccc1. The third-order valence-electron chi connectivity index (χ3n) is 4.71. The molecule has 5 nitrogen and oxygen atoms in total. The second-order valence-electron chi connectivity index (χ2n) is 6.72. The number of nitrogens with one attached hydrogen (secondary N) is 1. The molecule has 0 bridgehead atoms. The van der Waals surface area contributed by atoms with E-state index in [0.717, 1.165) is 11.1 Å². The van der Waals surface area contributed by atoms with Gasteiger partial charge in [-0.15, -0.1) is 0 Å². The zero-order valence-electron chi connectivity index (χ0n) is 16.6. The second-order valence-corrected chi connectivity index (χ2v) is 9.06. The van der Waals surface area contributed by atoms with Crippen molar-refractivity contribution in [3.05, 3.63) is 101 Å². The van der Waals surface area contributed by atoms with Gasteiger partial charge in [0.05, 0.1) is 4.90 Å². The van der Waals surface area contributed by atoms with Crippen molar-refractivity contribution in [2.24, 2.45) is 0 Å². The van der Waals surface area contributed by atoms with Gasteiger partial charge in [-0.3, -0.25) is 4.79 Å². The van der Waals surface area contributed by atoms with Crippen LogP contribution in [0.25, 0.3) is 0 Å². The van der Waals surface area contributed by atoms with Gasteiger partial charge in [0.1, 0.15) is 0 Å². The minimum absolute atomic E-state index is 0.217. The molecule has 0 radical (unpaired) electrons. The fraction of sp³-hybridized carbons (Fsp3) is 0.174. The summed E-state index contributed by atoms with van der Waals surface area (Å²) in [6.45, 7) is 2.71. The Labute approximate surface area is 182 Å². The van der Waals surface area contributed by atoms with Crippen molar-refractivity contribution in [1.29, 1.82) is 0 Å². The predicted molar refractivity (Wildman–Crippen MR) is 119 cm³/mol. The van der Waals surface area contributed by atoms with Crippen LogP contribution in [-0.4, -0.2) is 25.2 Å². The first-order valence-corrected chi connectivity index (χ1v) is 11.4. The summed E-state index contributed by atoms with van der Waals surface area (Å²) in [6.07, 6.45) is 0. The van der Waals surface area contributed by atoms with E-state index in [4.69, 9.17) is 11.6 Å². The number of hydrogen-bond donors (Lipinski definition) is 1. The molecule has 3 rings (SSSR count). The number of nitrogens with zero attached hydrogens (tertiary/aromatic N) is 1. The molecule has 1 amide bonds. The third kappa shape index (κ3) is 5.27. The van der Waals surface area contributed by atoms with Crippen molar-refractivity contribution in [1.82, 2.24) is 9.62 Å². The molecule has 156 valence electrons. The Bertz CT molecular complexity index is 1100. The molecule has 1 N–H and O–H groups in total. The number of rotatable bonds is 8. The Morgan fingerprint density at radius 3 is 2.20 bits per heavy atom. The van der Waals surface area contributed by atoms with Gasteiger partial charge in [-0.1, -0.05) is 67.1 Å². The van der Waals surface area contributed by atoms with Crippen LogP contribution < -0.4 is 5.32 Å². The van der Waals surface area contributed by atoms with Crippen molar-refractivity contribution in [2.45, 2.75) is 24.9 Å². The Balaban J connectivity index is 1.66. The summed E-state index contributed by atoms with van der Waals surface area (Å²) in [4.78, 5) is 12.7. The highest BCUT2D eigenvalue weighted by atomic mass is 35.5. The molecule has 0 fully saturated rings. The van der Waals surface area contributed by atoms with E-state index < -0.39 is 10.0 Å². The normalized spacial score (nSPS) is 11.4. The smallest absolute Gasteiger partial charge is 0.251 e. The molecule has 0 aromatic heterocycles. The van der Waals surface area contributed by atoms with E-state index in [1.807, 2.05) is 18.2 Å². The van der Waals surface area contributed by atoms with Gasteiger partial charge < -0.3 is 5.32 Å². The van der Waals surface area contributed by atoms with E-state index in [9.17, 15) is 13.2 Å². The summed E-state index contributed by atoms with van der Waals surface area (Å²) in [5, 5.41) is 3.45. The molecule has 0 aliphatic carbocycles. The second kappa shape index (κ2) is 9.89. The van der Waals surface area contributed by atoms with Crippen LogP contribution in [0.4, 0.5) is 0 Å². The summed E-state index contributed by atoms with van der Waals surface area (Å²) in [6, 6.07) is 22.6. The van der Waals surface area contributed by atoms with Crippen LogP contribution in [0.15, 0.2) is 83.8 Å². The fourth-order valence-corrected chi connectivity index (χ4v) is 4.65. The predicted octanol–water partition coefficient (Wildman–Crippen LogP) is 4.48. The number of carbonyl (C=O) groups excluding carboxylic acids is 1. The molecule has 3 aromatic carbocycles. The number of halogens is 1. The number of hydrogen-bond acceptors (Lipinski definition) is 3. The summed E-state index contributed by atoms with van der Waals surface area (Å²) in [5.41, 5.74) is 2.15. The lowest BCUT2D eigenvalue weighted by atomic mass is 10.1. The topological polar surface area (TPSA) is 66.5 Å². The van der Waals surface area contributed by atoms with Crippen molar-refractivity contribution >= 4 is 27.5 Å². The molecule has 0 aliphatic heterocycles. The van der Waals surface area contributed by atoms with Crippen LogP contribution in [0.1, 0.15) is 28.4 Å². The fourth-order valence-electron chi connectivity index (χ4n) is 2.99. The average Bonchev–Trinajstić information content (AvgIpc) is 2.77. The van der Waals surface area contributed by atoms with Gasteiger partial charge in [0.25, 0.3) is 5.91 Å². The van der Waals surface area contributed by atoms with Gasteiger partial charge in [-0.25, -0.2) is 8.42 Å². The van der Waals surface area contributed by atoms with E-state index in [2.05, 4.69) is 5.32 Å². The summed E-state index contributed by atoms with van der Waals surface area (Å²) in [7, 11) is -3.58. The summed E-state index contributed by atoms with van der Waals surface area (Å²) in [5.74, 6) is -0.217. The highest BCUT2D eigenvalue weighted by Crippen LogP contribution is 2.18. The monoisotopic (exact) mass is 442 g/mol. The minimum atomic E-state index is -3.58. The molecule has 0 heterocycles. The number of amides is 1. The maximum absolute atomic E-state index is 12.8. The van der Waals surface area contributed by atoms with Gasteiger partial charge in [0, 0.05) is 30.2 Å². The molecule has 0 aliphatic rings. The Morgan fingerprint density at radius 1 is 0.933 bits per heavy atom. The van der Waals surface area contributed by atoms with E-state index >= 15 is 0 Å². The van der Waals surface area contributed by atoms with E-state index in [1.54, 1.807) is 67.6 Å². The van der Waals surface area contributed by atoms with E-state index in [-0.39, 0.29) is 17.3 Å². The van der Waals surface area contributed by atoms with Crippen molar-refractivity contribution < 1.29 is 13.2 Å². The van der Waals surface area contributed by atoms with Crippen LogP contribution in [0.5, 0.6) is 0 Å². The third-order valence-corrected chi connectivity index (χ3v) is 7.01. The van der Waals surface area contributed by atoms with Crippen LogP contribution in [-0.2, 0) is 23.1 Å². The molecule has 0 unspecified atom stereocenters. The zero-order chi connectivity index (χ0) is 21.6. The maximum atomic E-state index is 12.8. The van der Waals surface area contributed by atoms with Crippen molar-refractivity contribution in [2.75, 3.05) is 6.54 Å². The molecule has 7 heteroatoms. The van der Waals surface area contributed by atoms with Crippen LogP contribution in [0, 0.1) is 0 Å². The molecule has 0 saturated carbocycles. The Kier molecular flexibility index (Phi) is 7.26. The van der Waals surface area contributed by atoms with Crippen LogP contribution in [0.2, 0.25) is 5.02 Å². The first-order valence-electron chi connectivity index (χ1n) is 9.57. The van der Waals surface area contributed by atoms with Gasteiger partial charge in [0.2, 0.25) is 10.0 Å². The largest absolute Gasteiger partial charge is 0.348 e. The maximum Gasteiger partial charge on any atom is 0.251 e. The molecule has 0 saturated heterocycles. The number of carbonyl (C=O) groups is 1. The lowest BCUT2D eigenvalue weighted by Gasteiger charge is -2.20. The van der Waals surface area contributed by atoms with Gasteiger partial charge in [-0.2, -0.15) is 4.31 Å². The number of sulfonamides is 1. The highest BCUT2D eigenvalue weighted by Gasteiger charge is 2.22. The first kappa shape index (κ1) is 22.0. The van der Waals surface area contributed by atoms with Gasteiger partial charge in [0.15, 0.2) is 0 Å². The zero-order valence-corrected chi connectivity index (χ0v) is 18.2. The van der Waals surface area contributed by atoms with E-state index in [0.29, 0.717) is 23.7 Å². The Morgan fingerprint density at radius 2 is 1.57 bits per heavy atom. The van der Waals surface area contributed by atoms with Crippen molar-refractivity contribution in [3.8, 4) is 0 Å². The Hall–Kier alpha value is -2.67. The molecule has 0 atom stereocenters. The summed E-state index contributed by atoms with van der Waals surface area (Å²) >= 11 is 6.11. The van der Waals surface area contributed by atoms with Gasteiger partial charge in [-0.05, 0) is 41.5 Å². The molecular weight excluding hydrogens is 420 g/mol. The standard InChI is InChI=1S/C23H23ClN2O3S/c1-2-26(30(28,29)21-9-4-3-5-10-21)17-18-12-14-19(15-13-18)23(27)25-16-20-8-6-7-11-22(20)24/h3-15H,2,16-17H2,1H3,(H,25,27). The minimum Gasteiger partial charge on any atom is -0.348 e. The lowest BCUT2D eigenvalue weighted by molar-refractivity contribution is 0.0951. The molecule has 3 aromatic rings. The average molecular weight is 443 g/mol. The highest BCUT2D eigenvalue weighted by molar-refractivity contribution is 7.89. The quantitative estimate of drug-likeness (QED) is 0.559. The molecule has 0 spiro atoms. The number of benzene rings is 3. The lowest BCUT2D eigenvalue weighted by Crippen LogP contribution is -2.30. The van der Waals surface area contributed by atoms with Crippen LogP contribution in [0.3, 0.4) is 0 Å². The first-order chi connectivity index (χ1) is 14.4. The molecular formula is C23H23ClN2O3S. The van der Waals surface area contributed by atoms with Crippen molar-refractivity contribution in [3.63, 3.8) is 0 Å².